The van der Waals surface area contributed by atoms with Crippen molar-refractivity contribution in [3.8, 4) is 0 Å². The van der Waals surface area contributed by atoms with E-state index in [1.807, 2.05) is 0 Å². The van der Waals surface area contributed by atoms with Crippen LogP contribution in [-0.2, 0) is 26.2 Å². The van der Waals surface area contributed by atoms with Gasteiger partial charge in [-0.15, -0.1) is 5.10 Å². The number of rotatable bonds is 6. The molecule has 0 bridgehead atoms. The fourth-order valence-electron chi connectivity index (χ4n) is 3.34. The Morgan fingerprint density at radius 1 is 1.23 bits per heavy atom. The van der Waals surface area contributed by atoms with Crippen LogP contribution in [0.25, 0.3) is 11.8 Å². The van der Waals surface area contributed by atoms with Crippen LogP contribution >= 0.6 is 15.9 Å². The summed E-state index contributed by atoms with van der Waals surface area (Å²) in [4.78, 5) is 24.9. The zero-order chi connectivity index (χ0) is 25.3. The summed E-state index contributed by atoms with van der Waals surface area (Å²) in [6, 6.07) is 9.65. The van der Waals surface area contributed by atoms with Gasteiger partial charge in [-0.05, 0) is 58.4 Å². The molecule has 1 amide bonds. The summed E-state index contributed by atoms with van der Waals surface area (Å²) in [7, 11) is -2.83. The van der Waals surface area contributed by atoms with Crippen molar-refractivity contribution in [2.24, 2.45) is 0 Å². The van der Waals surface area contributed by atoms with Crippen LogP contribution in [-0.4, -0.2) is 51.6 Å². The van der Waals surface area contributed by atoms with Crippen molar-refractivity contribution in [3.63, 3.8) is 0 Å². The lowest BCUT2D eigenvalue weighted by Gasteiger charge is -2.27. The highest BCUT2D eigenvalue weighted by Crippen LogP contribution is 2.34. The number of hydrogen-bond acceptors (Lipinski definition) is 7. The average molecular weight is 562 g/mol. The number of likely N-dealkylation sites (N-methyl/N-ethyl adjacent to an activating group) is 1. The van der Waals surface area contributed by atoms with E-state index in [-0.39, 0.29) is 22.7 Å². The smallest absolute Gasteiger partial charge is 0.265 e. The van der Waals surface area contributed by atoms with E-state index in [0.29, 0.717) is 10.2 Å². The molecule has 0 unspecified atom stereocenters. The van der Waals surface area contributed by atoms with Gasteiger partial charge in [0.25, 0.3) is 10.0 Å². The highest BCUT2D eigenvalue weighted by Gasteiger charge is 2.36. The Labute approximate surface area is 207 Å². The fraction of sp³-hybridized carbons (Fsp3) is 0.0909. The number of allylic oxidation sites excluding steroid dienone is 1. The van der Waals surface area contributed by atoms with E-state index in [1.54, 1.807) is 6.07 Å². The minimum atomic E-state index is -4.01. The van der Waals surface area contributed by atoms with Crippen LogP contribution in [0.5, 0.6) is 0 Å². The standard InChI is InChI=1S/C22H17BrFN5O5S/c1-28-21(22(32)15-4-2-3-5-19(15)35(28,33)34)18(30)9-7-14-11-29(27-26-14)12-20(31)25-17-8-6-13(24)10-16(17)23/h2-11,32H,12H2,1H3,(H,25,31)/b9-7+. The maximum Gasteiger partial charge on any atom is 0.265 e. The van der Waals surface area contributed by atoms with Gasteiger partial charge >= 0.3 is 0 Å². The van der Waals surface area contributed by atoms with Crippen LogP contribution in [0.3, 0.4) is 0 Å². The van der Waals surface area contributed by atoms with Gasteiger partial charge in [0, 0.05) is 17.1 Å². The molecule has 1 aliphatic heterocycles. The van der Waals surface area contributed by atoms with Gasteiger partial charge in [-0.1, -0.05) is 17.3 Å². The largest absolute Gasteiger partial charge is 0.505 e. The molecule has 0 aliphatic carbocycles. The monoisotopic (exact) mass is 561 g/mol. The Kier molecular flexibility index (Phi) is 6.54. The molecule has 2 aromatic carbocycles. The summed E-state index contributed by atoms with van der Waals surface area (Å²) in [5, 5.41) is 20.8. The molecule has 4 rings (SSSR count). The highest BCUT2D eigenvalue weighted by molar-refractivity contribution is 9.10. The number of benzene rings is 2. The number of aliphatic hydroxyl groups excluding tert-OH is 1. The van der Waals surface area contributed by atoms with Crippen molar-refractivity contribution in [2.45, 2.75) is 11.4 Å². The molecule has 2 heterocycles. The van der Waals surface area contributed by atoms with E-state index in [2.05, 4.69) is 31.6 Å². The molecular formula is C22H17BrFN5O5S. The number of anilines is 1. The number of aliphatic hydroxyl groups is 1. The third kappa shape index (κ3) is 4.86. The van der Waals surface area contributed by atoms with Gasteiger partial charge in [-0.3, -0.25) is 13.9 Å². The van der Waals surface area contributed by atoms with Gasteiger partial charge in [0.2, 0.25) is 11.7 Å². The zero-order valence-corrected chi connectivity index (χ0v) is 20.4. The van der Waals surface area contributed by atoms with E-state index in [1.165, 1.54) is 60.4 Å². The molecule has 0 saturated heterocycles. The molecule has 0 atom stereocenters. The highest BCUT2D eigenvalue weighted by atomic mass is 79.9. The maximum atomic E-state index is 13.2. The molecular weight excluding hydrogens is 545 g/mol. The van der Waals surface area contributed by atoms with Crippen LogP contribution in [0.4, 0.5) is 10.1 Å². The first-order valence-corrected chi connectivity index (χ1v) is 12.2. The molecule has 13 heteroatoms. The summed E-state index contributed by atoms with van der Waals surface area (Å²) in [5.74, 6) is -2.13. The quantitative estimate of drug-likeness (QED) is 0.442. The van der Waals surface area contributed by atoms with E-state index >= 15 is 0 Å². The number of sulfonamides is 1. The Morgan fingerprint density at radius 3 is 2.71 bits per heavy atom. The lowest BCUT2D eigenvalue weighted by molar-refractivity contribution is -0.117. The number of nitrogens with zero attached hydrogens (tertiary/aromatic N) is 4. The van der Waals surface area contributed by atoms with Crippen molar-refractivity contribution in [2.75, 3.05) is 12.4 Å². The predicted molar refractivity (Wildman–Crippen MR) is 128 cm³/mol. The van der Waals surface area contributed by atoms with Crippen molar-refractivity contribution in [3.05, 3.63) is 82.0 Å². The van der Waals surface area contributed by atoms with Crippen LogP contribution in [0.1, 0.15) is 11.3 Å². The molecule has 0 spiro atoms. The summed E-state index contributed by atoms with van der Waals surface area (Å²) in [6.07, 6.45) is 3.73. The average Bonchev–Trinajstić information content (AvgIpc) is 3.26. The predicted octanol–water partition coefficient (Wildman–Crippen LogP) is 2.96. The number of hydrogen-bond donors (Lipinski definition) is 2. The van der Waals surface area contributed by atoms with Gasteiger partial charge in [-0.25, -0.2) is 17.5 Å². The third-order valence-corrected chi connectivity index (χ3v) is 7.50. The lowest BCUT2D eigenvalue weighted by Crippen LogP contribution is -2.34. The first-order chi connectivity index (χ1) is 16.6. The van der Waals surface area contributed by atoms with Crippen LogP contribution in [0, 0.1) is 5.82 Å². The van der Waals surface area contributed by atoms with Crippen LogP contribution in [0.15, 0.2) is 69.8 Å². The topological polar surface area (TPSA) is 134 Å². The molecule has 0 fully saturated rings. The van der Waals surface area contributed by atoms with E-state index in [0.717, 1.165) is 10.4 Å². The second-order valence-electron chi connectivity index (χ2n) is 7.38. The molecule has 0 saturated carbocycles. The van der Waals surface area contributed by atoms with E-state index in [4.69, 9.17) is 0 Å². The molecule has 2 N–H and O–H groups in total. The SMILES string of the molecule is CN1C(C(=O)/C=C/c2cn(CC(=O)Nc3ccc(F)cc3Br)nn2)=C(O)c2ccccc2S1(=O)=O. The first kappa shape index (κ1) is 24.3. The number of ketones is 1. The number of amides is 1. The summed E-state index contributed by atoms with van der Waals surface area (Å²) in [5.41, 5.74) is 0.225. The molecule has 0 radical (unpaired) electrons. The van der Waals surface area contributed by atoms with Crippen LogP contribution < -0.4 is 5.32 Å². The second-order valence-corrected chi connectivity index (χ2v) is 10.2. The van der Waals surface area contributed by atoms with Crippen molar-refractivity contribution in [1.29, 1.82) is 0 Å². The fourth-order valence-corrected chi connectivity index (χ4v) is 5.19. The third-order valence-electron chi connectivity index (χ3n) is 5.03. The lowest BCUT2D eigenvalue weighted by atomic mass is 10.1. The first-order valence-electron chi connectivity index (χ1n) is 9.97. The van der Waals surface area contributed by atoms with Crippen LogP contribution in [0.2, 0.25) is 0 Å². The minimum absolute atomic E-state index is 0.0344. The molecule has 1 aliphatic rings. The number of carbonyl (C=O) groups is 2. The summed E-state index contributed by atoms with van der Waals surface area (Å²) < 4.78 is 41.0. The number of nitrogens with one attached hydrogen (secondary N) is 1. The number of fused-ring (bicyclic) bond motifs is 1. The van der Waals surface area contributed by atoms with Crippen molar-refractivity contribution >= 4 is 55.2 Å². The molecule has 35 heavy (non-hydrogen) atoms. The zero-order valence-electron chi connectivity index (χ0n) is 18.0. The van der Waals surface area contributed by atoms with Gasteiger partial charge in [0.1, 0.15) is 23.8 Å². The van der Waals surface area contributed by atoms with Crippen molar-refractivity contribution < 1.29 is 27.5 Å². The van der Waals surface area contributed by atoms with Crippen molar-refractivity contribution in [1.82, 2.24) is 19.3 Å². The second kappa shape index (κ2) is 9.43. The van der Waals surface area contributed by atoms with Gasteiger partial charge in [0.05, 0.1) is 16.8 Å². The maximum absolute atomic E-state index is 13.2. The van der Waals surface area contributed by atoms with E-state index in [9.17, 15) is 27.5 Å². The number of halogens is 2. The number of carbonyl (C=O) groups excluding carboxylic acids is 2. The normalized spacial score (nSPS) is 14.8. The minimum Gasteiger partial charge on any atom is -0.505 e. The Balaban J connectivity index is 1.48. The van der Waals surface area contributed by atoms with E-state index < -0.39 is 39.0 Å². The Morgan fingerprint density at radius 2 is 1.97 bits per heavy atom. The van der Waals surface area contributed by atoms with Gasteiger partial charge in [-0.2, -0.15) is 0 Å². The summed E-state index contributed by atoms with van der Waals surface area (Å²) >= 11 is 3.16. The van der Waals surface area contributed by atoms with Gasteiger partial charge in [0.15, 0.2) is 5.76 Å². The molecule has 1 aromatic heterocycles. The Hall–Kier alpha value is -3.84. The molecule has 180 valence electrons. The van der Waals surface area contributed by atoms with Gasteiger partial charge < -0.3 is 10.4 Å². The molecule has 10 nitrogen and oxygen atoms in total. The Bertz CT molecular complexity index is 1520. The molecule has 3 aromatic rings. The number of aromatic nitrogens is 3. The summed E-state index contributed by atoms with van der Waals surface area (Å²) in [6.45, 7) is -0.206.